The number of nitrogens with two attached hydrogens (primary N) is 1. The third-order valence-electron chi connectivity index (χ3n) is 3.28. The Kier molecular flexibility index (Phi) is 8.70. The SMILES string of the molecule is COC(=O)[C@@H](C)CN(C=O)C(=O)N(N)/C=N\c1ccc(OC(C)C)c(Cl)c1. The molecule has 0 spiro atoms. The van der Waals surface area contributed by atoms with Gasteiger partial charge in [0, 0.05) is 6.54 Å². The van der Waals surface area contributed by atoms with E-state index in [4.69, 9.17) is 22.2 Å². The van der Waals surface area contributed by atoms with Gasteiger partial charge in [0.05, 0.1) is 29.8 Å². The zero-order valence-electron chi connectivity index (χ0n) is 15.6. The van der Waals surface area contributed by atoms with Crippen molar-refractivity contribution >= 4 is 42.0 Å². The van der Waals surface area contributed by atoms with Crippen LogP contribution in [0, 0.1) is 5.92 Å². The number of hydrazine groups is 1. The Morgan fingerprint density at radius 2 is 2.00 bits per heavy atom. The van der Waals surface area contributed by atoms with Crippen molar-refractivity contribution in [3.8, 4) is 5.75 Å². The summed E-state index contributed by atoms with van der Waals surface area (Å²) >= 11 is 6.12. The molecule has 1 aromatic carbocycles. The molecular weight excluding hydrogens is 376 g/mol. The number of urea groups is 1. The average Bonchev–Trinajstić information content (AvgIpc) is 2.64. The zero-order valence-corrected chi connectivity index (χ0v) is 16.3. The van der Waals surface area contributed by atoms with Gasteiger partial charge < -0.3 is 9.47 Å². The summed E-state index contributed by atoms with van der Waals surface area (Å²) in [5.41, 5.74) is 0.430. The molecule has 3 amide bonds. The number of carbonyl (C=O) groups excluding carboxylic acids is 3. The lowest BCUT2D eigenvalue weighted by atomic mass is 10.2. The van der Waals surface area contributed by atoms with Crippen LogP contribution in [0.3, 0.4) is 0 Å². The Morgan fingerprint density at radius 1 is 1.33 bits per heavy atom. The van der Waals surface area contributed by atoms with E-state index in [0.717, 1.165) is 11.2 Å². The van der Waals surface area contributed by atoms with E-state index < -0.39 is 17.9 Å². The number of halogens is 1. The summed E-state index contributed by atoms with van der Waals surface area (Å²) < 4.78 is 10.1. The number of imide groups is 1. The van der Waals surface area contributed by atoms with Crippen LogP contribution in [-0.4, -0.2) is 54.4 Å². The smallest absolute Gasteiger partial charge is 0.346 e. The molecule has 27 heavy (non-hydrogen) atoms. The van der Waals surface area contributed by atoms with E-state index in [1.54, 1.807) is 18.2 Å². The van der Waals surface area contributed by atoms with Crippen LogP contribution in [-0.2, 0) is 14.3 Å². The summed E-state index contributed by atoms with van der Waals surface area (Å²) in [5, 5.41) is 0.986. The van der Waals surface area contributed by atoms with Crippen molar-refractivity contribution in [3.63, 3.8) is 0 Å². The van der Waals surface area contributed by atoms with Gasteiger partial charge in [-0.1, -0.05) is 18.5 Å². The number of rotatable bonds is 8. The van der Waals surface area contributed by atoms with Crippen LogP contribution in [0.15, 0.2) is 23.2 Å². The van der Waals surface area contributed by atoms with Crippen LogP contribution >= 0.6 is 11.6 Å². The Morgan fingerprint density at radius 3 is 2.52 bits per heavy atom. The van der Waals surface area contributed by atoms with Gasteiger partial charge in [-0.2, -0.15) is 0 Å². The molecule has 1 rings (SSSR count). The molecule has 0 heterocycles. The number of methoxy groups -OCH3 is 1. The topological polar surface area (TPSA) is 115 Å². The first kappa shape index (κ1) is 22.4. The molecule has 0 unspecified atom stereocenters. The second-order valence-corrected chi connectivity index (χ2v) is 6.30. The quantitative estimate of drug-likeness (QED) is 0.137. The fraction of sp³-hybridized carbons (Fsp3) is 0.412. The van der Waals surface area contributed by atoms with Crippen LogP contribution in [0.25, 0.3) is 0 Å². The van der Waals surface area contributed by atoms with Gasteiger partial charge in [0.15, 0.2) is 0 Å². The first-order valence-corrected chi connectivity index (χ1v) is 8.45. The number of hydrogen-bond acceptors (Lipinski definition) is 7. The van der Waals surface area contributed by atoms with E-state index in [-0.39, 0.29) is 19.1 Å². The third-order valence-corrected chi connectivity index (χ3v) is 3.57. The van der Waals surface area contributed by atoms with E-state index in [0.29, 0.717) is 21.5 Å². The van der Waals surface area contributed by atoms with Crippen LogP contribution in [0.4, 0.5) is 10.5 Å². The minimum Gasteiger partial charge on any atom is -0.489 e. The molecule has 9 nitrogen and oxygen atoms in total. The lowest BCUT2D eigenvalue weighted by molar-refractivity contribution is -0.145. The van der Waals surface area contributed by atoms with Crippen molar-refractivity contribution in [2.45, 2.75) is 26.9 Å². The van der Waals surface area contributed by atoms with Crippen molar-refractivity contribution < 1.29 is 23.9 Å². The lowest BCUT2D eigenvalue weighted by Gasteiger charge is -2.22. The number of esters is 1. The van der Waals surface area contributed by atoms with Gasteiger partial charge in [-0.3, -0.25) is 14.5 Å². The second-order valence-electron chi connectivity index (χ2n) is 5.90. The molecule has 0 aliphatic rings. The van der Waals surface area contributed by atoms with Crippen LogP contribution in [0.5, 0.6) is 5.75 Å². The van der Waals surface area contributed by atoms with Gasteiger partial charge in [0.25, 0.3) is 0 Å². The van der Waals surface area contributed by atoms with Gasteiger partial charge in [-0.25, -0.2) is 20.6 Å². The fourth-order valence-corrected chi connectivity index (χ4v) is 2.20. The summed E-state index contributed by atoms with van der Waals surface area (Å²) in [7, 11) is 1.22. The molecular formula is C17H23ClN4O5. The maximum absolute atomic E-state index is 12.2. The standard InChI is InChI=1S/C17H23ClN4O5/c1-11(2)27-15-6-5-13(7-14(15)18)20-9-22(19)17(25)21(10-23)8-12(3)16(24)26-4/h5-7,9-12H,8,19H2,1-4H3/b20-9-/t12-/m0/s1. The molecule has 1 atom stereocenters. The van der Waals surface area contributed by atoms with Crippen molar-refractivity contribution in [2.24, 2.45) is 16.8 Å². The maximum atomic E-state index is 12.2. The average molecular weight is 399 g/mol. The molecule has 0 radical (unpaired) electrons. The fourth-order valence-electron chi connectivity index (χ4n) is 1.98. The zero-order chi connectivity index (χ0) is 20.6. The summed E-state index contributed by atoms with van der Waals surface area (Å²) in [6.07, 6.45) is 1.29. The Hall–Kier alpha value is -2.65. The predicted octanol–water partition coefficient (Wildman–Crippen LogP) is 2.35. The van der Waals surface area contributed by atoms with Gasteiger partial charge in [-0.05, 0) is 32.0 Å². The predicted molar refractivity (Wildman–Crippen MR) is 101 cm³/mol. The first-order chi connectivity index (χ1) is 12.7. The molecule has 0 aromatic heterocycles. The number of nitrogens with zero attached hydrogens (tertiary/aromatic N) is 3. The number of ether oxygens (including phenoxy) is 2. The second kappa shape index (κ2) is 10.5. The Labute approximate surface area is 162 Å². The lowest BCUT2D eigenvalue weighted by Crippen LogP contribution is -2.47. The van der Waals surface area contributed by atoms with E-state index in [2.05, 4.69) is 9.73 Å². The monoisotopic (exact) mass is 398 g/mol. The molecule has 0 fully saturated rings. The van der Waals surface area contributed by atoms with Crippen molar-refractivity contribution in [3.05, 3.63) is 23.2 Å². The van der Waals surface area contributed by atoms with Gasteiger partial charge >= 0.3 is 12.0 Å². The van der Waals surface area contributed by atoms with Crippen LogP contribution < -0.4 is 10.6 Å². The summed E-state index contributed by atoms with van der Waals surface area (Å²) in [6, 6.07) is 3.98. The number of amides is 3. The highest BCUT2D eigenvalue weighted by Gasteiger charge is 2.23. The van der Waals surface area contributed by atoms with E-state index in [1.807, 2.05) is 13.8 Å². The highest BCUT2D eigenvalue weighted by atomic mass is 35.5. The Balaban J connectivity index is 2.79. The summed E-state index contributed by atoms with van der Waals surface area (Å²) in [6.45, 7) is 5.09. The van der Waals surface area contributed by atoms with Gasteiger partial charge in [0.2, 0.25) is 6.41 Å². The van der Waals surface area contributed by atoms with E-state index >= 15 is 0 Å². The molecule has 0 saturated heterocycles. The number of hydrogen-bond donors (Lipinski definition) is 1. The van der Waals surface area contributed by atoms with Crippen molar-refractivity contribution in [1.82, 2.24) is 9.91 Å². The van der Waals surface area contributed by atoms with Crippen LogP contribution in [0.2, 0.25) is 5.02 Å². The summed E-state index contributed by atoms with van der Waals surface area (Å²) in [5.74, 6) is 4.89. The molecule has 0 aliphatic carbocycles. The number of benzene rings is 1. The van der Waals surface area contributed by atoms with E-state index in [1.165, 1.54) is 14.0 Å². The molecule has 1 aromatic rings. The maximum Gasteiger partial charge on any atom is 0.346 e. The number of aliphatic imine (C=N–C) groups is 1. The minimum absolute atomic E-state index is 0.0317. The van der Waals surface area contributed by atoms with Crippen molar-refractivity contribution in [2.75, 3.05) is 13.7 Å². The first-order valence-electron chi connectivity index (χ1n) is 8.07. The van der Waals surface area contributed by atoms with Gasteiger partial charge in [0.1, 0.15) is 12.1 Å². The van der Waals surface area contributed by atoms with Crippen LogP contribution in [0.1, 0.15) is 20.8 Å². The highest BCUT2D eigenvalue weighted by Crippen LogP contribution is 2.29. The molecule has 10 heteroatoms. The van der Waals surface area contributed by atoms with Crippen molar-refractivity contribution in [1.29, 1.82) is 0 Å². The highest BCUT2D eigenvalue weighted by molar-refractivity contribution is 6.32. The number of carbonyl (C=O) groups is 3. The molecule has 0 saturated carbocycles. The minimum atomic E-state index is -0.852. The molecule has 148 valence electrons. The largest absolute Gasteiger partial charge is 0.489 e. The summed E-state index contributed by atoms with van der Waals surface area (Å²) in [4.78, 5) is 39.5. The molecule has 0 bridgehead atoms. The van der Waals surface area contributed by atoms with E-state index in [9.17, 15) is 14.4 Å². The van der Waals surface area contributed by atoms with Gasteiger partial charge in [-0.15, -0.1) is 0 Å². The molecule has 0 aliphatic heterocycles. The normalized spacial score (nSPS) is 12.0. The Bertz CT molecular complexity index is 711. The third kappa shape index (κ3) is 6.87. The molecule has 2 N–H and O–H groups in total.